The fraction of sp³-hybridized carbons (Fsp3) is 0.947. The topological polar surface area (TPSA) is 37.3 Å². The molecule has 0 aromatic heterocycles. The lowest BCUT2D eigenvalue weighted by Gasteiger charge is -2.60. The Morgan fingerprint density at radius 1 is 1.05 bits per heavy atom. The molecule has 0 aromatic rings. The van der Waals surface area contributed by atoms with Crippen molar-refractivity contribution in [2.24, 2.45) is 34.5 Å². The van der Waals surface area contributed by atoms with Crippen LogP contribution in [0.2, 0.25) is 0 Å². The number of hydrogen-bond donors (Lipinski definition) is 1. The zero-order chi connectivity index (χ0) is 15.7. The van der Waals surface area contributed by atoms with Crippen molar-refractivity contribution in [1.29, 1.82) is 0 Å². The molecular formula is C19H29ClO2. The van der Waals surface area contributed by atoms with Gasteiger partial charge in [0.05, 0.1) is 11.5 Å². The Bertz CT molecular complexity index is 492. The first-order chi connectivity index (χ1) is 10.4. The van der Waals surface area contributed by atoms with Crippen LogP contribution in [0, 0.1) is 34.5 Å². The molecule has 0 bridgehead atoms. The minimum absolute atomic E-state index is 0.0799. The van der Waals surface area contributed by atoms with Gasteiger partial charge >= 0.3 is 0 Å². The molecule has 1 N–H and O–H groups in total. The van der Waals surface area contributed by atoms with E-state index in [0.717, 1.165) is 31.6 Å². The van der Waals surface area contributed by atoms with Gasteiger partial charge in [-0.15, -0.1) is 11.6 Å². The summed E-state index contributed by atoms with van der Waals surface area (Å²) in [5, 5.41) is 9.81. The lowest BCUT2D eigenvalue weighted by Crippen LogP contribution is -2.54. The third-order valence-electron chi connectivity index (χ3n) is 8.34. The number of aliphatic hydroxyl groups is 1. The van der Waals surface area contributed by atoms with E-state index in [-0.39, 0.29) is 16.9 Å². The van der Waals surface area contributed by atoms with Gasteiger partial charge in [0.15, 0.2) is 5.78 Å². The number of halogens is 1. The van der Waals surface area contributed by atoms with Crippen molar-refractivity contribution in [3.8, 4) is 0 Å². The number of Topliss-reactive ketones (excluding diaryl/α,β-unsaturated/α-hetero) is 1. The van der Waals surface area contributed by atoms with Crippen LogP contribution in [0.3, 0.4) is 0 Å². The molecule has 4 saturated carbocycles. The van der Waals surface area contributed by atoms with E-state index in [1.807, 2.05) is 0 Å². The summed E-state index contributed by atoms with van der Waals surface area (Å²) >= 11 is 6.37. The Morgan fingerprint density at radius 3 is 2.59 bits per heavy atom. The third-order valence-corrected chi connectivity index (χ3v) is 8.71. The molecule has 8 atom stereocenters. The molecule has 0 heterocycles. The molecule has 3 heteroatoms. The second-order valence-electron chi connectivity index (χ2n) is 9.11. The fourth-order valence-corrected chi connectivity index (χ4v) is 7.43. The average molecular weight is 325 g/mol. The Hall–Kier alpha value is -0.0800. The van der Waals surface area contributed by atoms with E-state index in [2.05, 4.69) is 13.8 Å². The van der Waals surface area contributed by atoms with Crippen LogP contribution >= 0.6 is 11.6 Å². The summed E-state index contributed by atoms with van der Waals surface area (Å²) in [5.41, 5.74) is 0.238. The van der Waals surface area contributed by atoms with E-state index in [9.17, 15) is 9.90 Å². The molecule has 0 unspecified atom stereocenters. The molecule has 0 saturated heterocycles. The highest BCUT2D eigenvalue weighted by molar-refractivity contribution is 6.32. The number of rotatable bonds is 0. The van der Waals surface area contributed by atoms with Crippen LogP contribution in [0.4, 0.5) is 0 Å². The Balaban J connectivity index is 1.64. The van der Waals surface area contributed by atoms with Gasteiger partial charge in [0.2, 0.25) is 0 Å². The monoisotopic (exact) mass is 324 g/mol. The van der Waals surface area contributed by atoms with Gasteiger partial charge in [-0.3, -0.25) is 4.79 Å². The molecule has 0 amide bonds. The first-order valence-corrected chi connectivity index (χ1v) is 9.66. The van der Waals surface area contributed by atoms with Crippen LogP contribution in [-0.2, 0) is 4.79 Å². The number of hydrogen-bond acceptors (Lipinski definition) is 2. The lowest BCUT2D eigenvalue weighted by atomic mass is 9.45. The van der Waals surface area contributed by atoms with Crippen molar-refractivity contribution in [2.45, 2.75) is 76.7 Å². The highest BCUT2D eigenvalue weighted by atomic mass is 35.5. The minimum atomic E-state index is -0.243. The maximum Gasteiger partial charge on any atom is 0.156 e. The maximum atomic E-state index is 12.6. The number of alkyl halides is 1. The SMILES string of the molecule is C[C@]12CC[C@@H](O)C[C@@H]1CC[C@@H]1[C@@H]2CC[C@]2(C)C(=O)[C@H](Cl)C[C@@H]12. The molecule has 0 radical (unpaired) electrons. The summed E-state index contributed by atoms with van der Waals surface area (Å²) in [6.07, 6.45) is 8.67. The van der Waals surface area contributed by atoms with Crippen molar-refractivity contribution >= 4 is 17.4 Å². The summed E-state index contributed by atoms with van der Waals surface area (Å²) in [4.78, 5) is 12.6. The van der Waals surface area contributed by atoms with Gasteiger partial charge in [-0.25, -0.2) is 0 Å². The fourth-order valence-electron chi connectivity index (χ4n) is 6.98. The Labute approximate surface area is 139 Å². The second-order valence-corrected chi connectivity index (χ2v) is 9.64. The molecule has 0 aromatic carbocycles. The molecule has 4 aliphatic carbocycles. The highest BCUT2D eigenvalue weighted by Gasteiger charge is 2.62. The van der Waals surface area contributed by atoms with Crippen molar-refractivity contribution < 1.29 is 9.90 Å². The molecule has 22 heavy (non-hydrogen) atoms. The maximum absolute atomic E-state index is 12.6. The van der Waals surface area contributed by atoms with Crippen LogP contribution < -0.4 is 0 Å². The number of carbonyl (C=O) groups excluding carboxylic acids is 1. The Morgan fingerprint density at radius 2 is 1.82 bits per heavy atom. The molecule has 124 valence electrons. The van der Waals surface area contributed by atoms with Crippen LogP contribution in [0.15, 0.2) is 0 Å². The zero-order valence-electron chi connectivity index (χ0n) is 13.9. The summed E-state index contributed by atoms with van der Waals surface area (Å²) in [7, 11) is 0. The largest absolute Gasteiger partial charge is 0.393 e. The summed E-state index contributed by atoms with van der Waals surface area (Å²) in [6, 6.07) is 0. The van der Waals surface area contributed by atoms with Gasteiger partial charge in [0, 0.05) is 5.41 Å². The molecule has 2 nitrogen and oxygen atoms in total. The number of ketones is 1. The van der Waals surface area contributed by atoms with Gasteiger partial charge in [-0.2, -0.15) is 0 Å². The van der Waals surface area contributed by atoms with E-state index < -0.39 is 0 Å². The van der Waals surface area contributed by atoms with Crippen molar-refractivity contribution in [2.75, 3.05) is 0 Å². The summed E-state index contributed by atoms with van der Waals surface area (Å²) in [5.74, 6) is 2.94. The zero-order valence-corrected chi connectivity index (χ0v) is 14.6. The molecule has 0 spiro atoms. The van der Waals surface area contributed by atoms with E-state index in [4.69, 9.17) is 11.6 Å². The molecule has 4 aliphatic rings. The van der Waals surface area contributed by atoms with Gasteiger partial charge in [-0.05, 0) is 80.5 Å². The van der Waals surface area contributed by atoms with Crippen molar-refractivity contribution in [3.63, 3.8) is 0 Å². The quantitative estimate of drug-likeness (QED) is 0.679. The summed E-state index contributed by atoms with van der Waals surface area (Å²) in [6.45, 7) is 4.68. The van der Waals surface area contributed by atoms with Gasteiger partial charge in [0.1, 0.15) is 0 Å². The first kappa shape index (κ1) is 15.4. The summed E-state index contributed by atoms with van der Waals surface area (Å²) < 4.78 is 0. The van der Waals surface area contributed by atoms with Crippen LogP contribution in [0.5, 0.6) is 0 Å². The van der Waals surface area contributed by atoms with Crippen LogP contribution in [-0.4, -0.2) is 22.4 Å². The highest BCUT2D eigenvalue weighted by Crippen LogP contribution is 2.65. The number of aliphatic hydroxyl groups excluding tert-OH is 1. The second kappa shape index (κ2) is 4.96. The van der Waals surface area contributed by atoms with Crippen molar-refractivity contribution in [1.82, 2.24) is 0 Å². The molecule has 0 aliphatic heterocycles. The van der Waals surface area contributed by atoms with E-state index in [1.165, 1.54) is 25.7 Å². The molecular weight excluding hydrogens is 296 g/mol. The first-order valence-electron chi connectivity index (χ1n) is 9.23. The van der Waals surface area contributed by atoms with Gasteiger partial charge in [0.25, 0.3) is 0 Å². The third kappa shape index (κ3) is 1.92. The lowest BCUT2D eigenvalue weighted by molar-refractivity contribution is -0.142. The average Bonchev–Trinajstić information content (AvgIpc) is 2.72. The Kier molecular flexibility index (Phi) is 3.48. The van der Waals surface area contributed by atoms with Crippen LogP contribution in [0.25, 0.3) is 0 Å². The number of fused-ring (bicyclic) bond motifs is 5. The van der Waals surface area contributed by atoms with Gasteiger partial charge in [-0.1, -0.05) is 13.8 Å². The van der Waals surface area contributed by atoms with E-state index >= 15 is 0 Å². The van der Waals surface area contributed by atoms with E-state index in [0.29, 0.717) is 29.0 Å². The molecule has 4 fully saturated rings. The van der Waals surface area contributed by atoms with Crippen LogP contribution in [0.1, 0.15) is 65.2 Å². The van der Waals surface area contributed by atoms with E-state index in [1.54, 1.807) is 0 Å². The normalized spacial score (nSPS) is 57.9. The number of carbonyl (C=O) groups is 1. The minimum Gasteiger partial charge on any atom is -0.393 e. The standard InChI is InChI=1S/C19H29ClO2/c1-18-7-5-12(21)9-11(18)3-4-13-14(18)6-8-19(2)15(13)10-16(20)17(19)22/h11-16,21H,3-10H2,1-2H3/t11-,12+,13+,14-,15-,16+,18-,19-/m0/s1. The van der Waals surface area contributed by atoms with Crippen molar-refractivity contribution in [3.05, 3.63) is 0 Å². The smallest absolute Gasteiger partial charge is 0.156 e. The van der Waals surface area contributed by atoms with Gasteiger partial charge < -0.3 is 5.11 Å². The predicted molar refractivity (Wildman–Crippen MR) is 87.8 cm³/mol. The molecule has 4 rings (SSSR count). The predicted octanol–water partition coefficient (Wildman–Crippen LogP) is 4.18.